The maximum Gasteiger partial charge on any atom is 0.336 e. The normalized spacial score (nSPS) is 35.2. The molecule has 0 atom stereocenters. The summed E-state index contributed by atoms with van der Waals surface area (Å²) in [5.41, 5.74) is 2.39. The molecule has 6 rings (SSSR count). The van der Waals surface area contributed by atoms with Gasteiger partial charge in [-0.05, 0) is 61.8 Å². The topological polar surface area (TPSA) is 32.8 Å². The van der Waals surface area contributed by atoms with Crippen LogP contribution in [0.15, 0.2) is 42.1 Å². The fraction of sp³-hybridized carbons (Fsp3) is 0.609. The molecular weight excluding hydrogens is 336 g/mol. The van der Waals surface area contributed by atoms with Crippen molar-refractivity contribution in [1.82, 2.24) is 9.80 Å². The molecule has 4 fully saturated rings. The standard InChI is InChI=1S/C23H30N2O2/c1-27-22(26)21-14-24(13-17-5-3-2-4-6-17)16-25(15-21)23-10-18-7-19(11-23)9-20(8-18)12-23/h2-6,14,18-20H,7-13,15-16H2,1H3. The van der Waals surface area contributed by atoms with Gasteiger partial charge in [-0.2, -0.15) is 0 Å². The first-order valence-corrected chi connectivity index (χ1v) is 10.5. The number of benzene rings is 1. The molecule has 5 aliphatic rings. The lowest BCUT2D eigenvalue weighted by Gasteiger charge is -2.61. The molecule has 0 aromatic heterocycles. The molecule has 0 N–H and O–H groups in total. The van der Waals surface area contributed by atoms with Crippen molar-refractivity contribution in [3.63, 3.8) is 0 Å². The predicted octanol–water partition coefficient (Wildman–Crippen LogP) is 3.79. The monoisotopic (exact) mass is 366 g/mol. The Balaban J connectivity index is 1.41. The van der Waals surface area contributed by atoms with Crippen LogP contribution in [-0.4, -0.2) is 41.6 Å². The molecule has 144 valence electrons. The van der Waals surface area contributed by atoms with Crippen molar-refractivity contribution in [3.05, 3.63) is 47.7 Å². The van der Waals surface area contributed by atoms with Gasteiger partial charge in [0, 0.05) is 24.8 Å². The lowest BCUT2D eigenvalue weighted by molar-refractivity contribution is -0.138. The average Bonchev–Trinajstić information content (AvgIpc) is 2.67. The van der Waals surface area contributed by atoms with E-state index in [0.717, 1.165) is 43.1 Å². The van der Waals surface area contributed by atoms with E-state index < -0.39 is 0 Å². The van der Waals surface area contributed by atoms with Crippen molar-refractivity contribution in [2.75, 3.05) is 20.3 Å². The minimum atomic E-state index is -0.178. The quantitative estimate of drug-likeness (QED) is 0.759. The molecule has 1 aromatic rings. The highest BCUT2D eigenvalue weighted by atomic mass is 16.5. The molecule has 0 radical (unpaired) electrons. The van der Waals surface area contributed by atoms with E-state index in [1.165, 1.54) is 51.2 Å². The van der Waals surface area contributed by atoms with Gasteiger partial charge in [0.25, 0.3) is 0 Å². The first-order chi connectivity index (χ1) is 13.1. The van der Waals surface area contributed by atoms with E-state index in [1.807, 2.05) is 6.20 Å². The molecule has 4 bridgehead atoms. The summed E-state index contributed by atoms with van der Waals surface area (Å²) in [6.07, 6.45) is 10.4. The maximum absolute atomic E-state index is 12.4. The summed E-state index contributed by atoms with van der Waals surface area (Å²) in [5.74, 6) is 2.55. The molecule has 4 aliphatic carbocycles. The Kier molecular flexibility index (Phi) is 4.27. The van der Waals surface area contributed by atoms with Gasteiger partial charge in [-0.3, -0.25) is 4.90 Å². The summed E-state index contributed by atoms with van der Waals surface area (Å²) in [6.45, 7) is 2.50. The van der Waals surface area contributed by atoms with Crippen LogP contribution in [0.3, 0.4) is 0 Å². The van der Waals surface area contributed by atoms with Crippen LogP contribution in [0.25, 0.3) is 0 Å². The highest BCUT2D eigenvalue weighted by Crippen LogP contribution is 2.58. The minimum Gasteiger partial charge on any atom is -0.466 e. The second kappa shape index (κ2) is 6.66. The van der Waals surface area contributed by atoms with E-state index in [1.54, 1.807) is 0 Å². The van der Waals surface area contributed by atoms with E-state index in [-0.39, 0.29) is 5.97 Å². The summed E-state index contributed by atoms with van der Waals surface area (Å²) < 4.78 is 5.09. The summed E-state index contributed by atoms with van der Waals surface area (Å²) in [4.78, 5) is 17.3. The number of hydrogen-bond acceptors (Lipinski definition) is 4. The Hall–Kier alpha value is -1.81. The maximum atomic E-state index is 12.4. The molecule has 4 heteroatoms. The summed E-state index contributed by atoms with van der Waals surface area (Å²) in [6, 6.07) is 10.5. The van der Waals surface area contributed by atoms with Gasteiger partial charge in [-0.15, -0.1) is 0 Å². The predicted molar refractivity (Wildman–Crippen MR) is 105 cm³/mol. The van der Waals surface area contributed by atoms with Crippen molar-refractivity contribution in [1.29, 1.82) is 0 Å². The van der Waals surface area contributed by atoms with Gasteiger partial charge in [0.1, 0.15) is 0 Å². The average molecular weight is 367 g/mol. The fourth-order valence-corrected chi connectivity index (χ4v) is 6.71. The van der Waals surface area contributed by atoms with Gasteiger partial charge in [0.05, 0.1) is 19.4 Å². The smallest absolute Gasteiger partial charge is 0.336 e. The van der Waals surface area contributed by atoms with Crippen LogP contribution in [0.2, 0.25) is 0 Å². The van der Waals surface area contributed by atoms with Crippen LogP contribution in [0.4, 0.5) is 0 Å². The van der Waals surface area contributed by atoms with Gasteiger partial charge < -0.3 is 9.64 Å². The third-order valence-corrected chi connectivity index (χ3v) is 7.40. The van der Waals surface area contributed by atoms with Crippen LogP contribution in [0.1, 0.15) is 44.1 Å². The Morgan fingerprint density at radius 1 is 1.07 bits per heavy atom. The number of carbonyl (C=O) groups excluding carboxylic acids is 1. The number of nitrogens with zero attached hydrogens (tertiary/aromatic N) is 2. The van der Waals surface area contributed by atoms with Gasteiger partial charge in [-0.25, -0.2) is 4.79 Å². The Bertz CT molecular complexity index is 707. The van der Waals surface area contributed by atoms with Gasteiger partial charge in [0.15, 0.2) is 0 Å². The molecule has 4 saturated carbocycles. The van der Waals surface area contributed by atoms with Crippen LogP contribution in [-0.2, 0) is 16.1 Å². The van der Waals surface area contributed by atoms with Gasteiger partial charge >= 0.3 is 5.97 Å². The zero-order valence-electron chi connectivity index (χ0n) is 16.3. The summed E-state index contributed by atoms with van der Waals surface area (Å²) in [5, 5.41) is 0. The van der Waals surface area contributed by atoms with Gasteiger partial charge in [-0.1, -0.05) is 30.3 Å². The Labute approximate surface area is 162 Å². The van der Waals surface area contributed by atoms with Crippen LogP contribution < -0.4 is 0 Å². The van der Waals surface area contributed by atoms with Gasteiger partial charge in [0.2, 0.25) is 0 Å². The molecule has 1 heterocycles. The highest BCUT2D eigenvalue weighted by Gasteiger charge is 2.54. The molecule has 27 heavy (non-hydrogen) atoms. The Morgan fingerprint density at radius 3 is 2.30 bits per heavy atom. The third kappa shape index (κ3) is 3.18. The summed E-state index contributed by atoms with van der Waals surface area (Å²) >= 11 is 0. The molecular formula is C23H30N2O2. The van der Waals surface area contributed by atoms with E-state index in [9.17, 15) is 4.79 Å². The minimum absolute atomic E-state index is 0.178. The SMILES string of the molecule is COC(=O)C1=CN(Cc2ccccc2)CN(C23CC4CC(CC(C4)C2)C3)C1. The largest absolute Gasteiger partial charge is 0.466 e. The van der Waals surface area contributed by atoms with Crippen molar-refractivity contribution in [3.8, 4) is 0 Å². The molecule has 0 spiro atoms. The zero-order valence-corrected chi connectivity index (χ0v) is 16.3. The second-order valence-electron chi connectivity index (χ2n) is 9.36. The molecule has 0 amide bonds. The number of esters is 1. The van der Waals surface area contributed by atoms with Crippen molar-refractivity contribution >= 4 is 5.97 Å². The molecule has 4 nitrogen and oxygen atoms in total. The fourth-order valence-electron chi connectivity index (χ4n) is 6.71. The van der Waals surface area contributed by atoms with Crippen LogP contribution >= 0.6 is 0 Å². The van der Waals surface area contributed by atoms with E-state index in [4.69, 9.17) is 4.74 Å². The molecule has 0 saturated heterocycles. The van der Waals surface area contributed by atoms with E-state index in [0.29, 0.717) is 5.54 Å². The van der Waals surface area contributed by atoms with Crippen molar-refractivity contribution in [2.45, 2.75) is 50.6 Å². The molecule has 1 aromatic carbocycles. The lowest BCUT2D eigenvalue weighted by Crippen LogP contribution is -2.63. The third-order valence-electron chi connectivity index (χ3n) is 7.40. The van der Waals surface area contributed by atoms with Crippen LogP contribution in [0, 0.1) is 17.8 Å². The number of ether oxygens (including phenoxy) is 1. The molecule has 1 aliphatic heterocycles. The first-order valence-electron chi connectivity index (χ1n) is 10.5. The van der Waals surface area contributed by atoms with Crippen molar-refractivity contribution < 1.29 is 9.53 Å². The van der Waals surface area contributed by atoms with E-state index >= 15 is 0 Å². The lowest BCUT2D eigenvalue weighted by atomic mass is 9.52. The number of carbonyl (C=O) groups is 1. The number of rotatable bonds is 4. The number of hydrogen-bond donors (Lipinski definition) is 0. The van der Waals surface area contributed by atoms with E-state index in [2.05, 4.69) is 40.1 Å². The number of methoxy groups -OCH3 is 1. The van der Waals surface area contributed by atoms with Crippen LogP contribution in [0.5, 0.6) is 0 Å². The zero-order chi connectivity index (χ0) is 18.4. The first kappa shape index (κ1) is 17.3. The Morgan fingerprint density at radius 2 is 1.70 bits per heavy atom. The summed E-state index contributed by atoms with van der Waals surface area (Å²) in [7, 11) is 1.49. The second-order valence-corrected chi connectivity index (χ2v) is 9.36. The van der Waals surface area contributed by atoms with Crippen molar-refractivity contribution in [2.24, 2.45) is 17.8 Å². The molecule has 0 unspecified atom stereocenters. The highest BCUT2D eigenvalue weighted by molar-refractivity contribution is 5.88.